The number of nitrogens with zero attached hydrogens (tertiary/aromatic N) is 2. The third kappa shape index (κ3) is 4.94. The number of carbonyl (C=O) groups excluding carboxylic acids is 1. The van der Waals surface area contributed by atoms with Crippen molar-refractivity contribution in [2.24, 2.45) is 11.7 Å². The summed E-state index contributed by atoms with van der Waals surface area (Å²) in [5, 5.41) is 0. The van der Waals surface area contributed by atoms with Gasteiger partial charge in [0.1, 0.15) is 0 Å². The lowest BCUT2D eigenvalue weighted by Crippen LogP contribution is -2.50. The first-order valence-corrected chi connectivity index (χ1v) is 7.32. The number of amides is 1. The maximum atomic E-state index is 12.2. The van der Waals surface area contributed by atoms with Crippen molar-refractivity contribution in [2.75, 3.05) is 32.7 Å². The van der Waals surface area contributed by atoms with Gasteiger partial charge in [-0.15, -0.1) is 0 Å². The van der Waals surface area contributed by atoms with E-state index in [2.05, 4.69) is 25.7 Å². The molecule has 0 saturated carbocycles. The molecule has 1 heterocycles. The molecule has 0 bridgehead atoms. The Hall–Kier alpha value is -0.610. The fourth-order valence-electron chi connectivity index (χ4n) is 2.83. The number of likely N-dealkylation sites (tertiary alicyclic amines) is 1. The van der Waals surface area contributed by atoms with E-state index >= 15 is 0 Å². The van der Waals surface area contributed by atoms with Crippen LogP contribution in [0.5, 0.6) is 0 Å². The molecule has 1 saturated heterocycles. The van der Waals surface area contributed by atoms with E-state index in [0.717, 1.165) is 45.4 Å². The second-order valence-electron chi connectivity index (χ2n) is 5.68. The minimum atomic E-state index is 0.229. The Morgan fingerprint density at radius 3 is 2.39 bits per heavy atom. The molecule has 1 rings (SSSR count). The molecule has 0 aromatic heterocycles. The fraction of sp³-hybridized carbons (Fsp3) is 0.929. The Kier molecular flexibility index (Phi) is 6.65. The van der Waals surface area contributed by atoms with Crippen LogP contribution in [0.15, 0.2) is 0 Å². The smallest absolute Gasteiger partial charge is 0.236 e. The van der Waals surface area contributed by atoms with E-state index in [1.54, 1.807) is 0 Å². The number of nitrogens with two attached hydrogens (primary N) is 1. The molecule has 0 aromatic rings. The molecular weight excluding hydrogens is 226 g/mol. The van der Waals surface area contributed by atoms with Gasteiger partial charge in [0.2, 0.25) is 5.91 Å². The van der Waals surface area contributed by atoms with E-state index in [4.69, 9.17) is 5.73 Å². The molecule has 1 amide bonds. The maximum absolute atomic E-state index is 12.2. The minimum absolute atomic E-state index is 0.229. The van der Waals surface area contributed by atoms with Gasteiger partial charge < -0.3 is 10.6 Å². The van der Waals surface area contributed by atoms with Crippen molar-refractivity contribution < 1.29 is 4.79 Å². The standard InChI is InChI=1S/C14H29N3O/c1-4-6-17(7-5-2)14(18)11-16-9-12(3)8-13(15)10-16/h12-13H,4-11,15H2,1-3H3. The summed E-state index contributed by atoms with van der Waals surface area (Å²) >= 11 is 0. The number of piperidine rings is 1. The molecule has 106 valence electrons. The molecule has 1 aliphatic rings. The van der Waals surface area contributed by atoms with Gasteiger partial charge in [-0.1, -0.05) is 20.8 Å². The average molecular weight is 255 g/mol. The molecule has 18 heavy (non-hydrogen) atoms. The van der Waals surface area contributed by atoms with Crippen molar-refractivity contribution in [3.63, 3.8) is 0 Å². The fourth-order valence-corrected chi connectivity index (χ4v) is 2.83. The predicted octanol–water partition coefficient (Wildman–Crippen LogP) is 1.30. The van der Waals surface area contributed by atoms with Gasteiger partial charge in [0.15, 0.2) is 0 Å². The van der Waals surface area contributed by atoms with Crippen LogP contribution in [0, 0.1) is 5.92 Å². The summed E-state index contributed by atoms with van der Waals surface area (Å²) in [6.45, 7) is 10.6. The summed E-state index contributed by atoms with van der Waals surface area (Å²) < 4.78 is 0. The first-order chi connectivity index (χ1) is 8.56. The Bertz CT molecular complexity index is 241. The zero-order valence-corrected chi connectivity index (χ0v) is 12.2. The third-order valence-electron chi connectivity index (χ3n) is 3.47. The molecule has 0 aliphatic carbocycles. The molecular formula is C14H29N3O. The summed E-state index contributed by atoms with van der Waals surface area (Å²) in [6, 6.07) is 0.229. The Labute approximate surface area is 111 Å². The summed E-state index contributed by atoms with van der Waals surface area (Å²) in [5.74, 6) is 0.868. The molecule has 0 aromatic carbocycles. The van der Waals surface area contributed by atoms with Gasteiger partial charge in [-0.2, -0.15) is 0 Å². The van der Waals surface area contributed by atoms with E-state index in [-0.39, 0.29) is 11.9 Å². The van der Waals surface area contributed by atoms with Gasteiger partial charge in [-0.05, 0) is 25.2 Å². The van der Waals surface area contributed by atoms with Crippen molar-refractivity contribution >= 4 is 5.91 Å². The number of hydrogen-bond donors (Lipinski definition) is 1. The number of hydrogen-bond acceptors (Lipinski definition) is 3. The Morgan fingerprint density at radius 2 is 1.89 bits per heavy atom. The highest BCUT2D eigenvalue weighted by molar-refractivity contribution is 5.78. The van der Waals surface area contributed by atoms with E-state index in [1.807, 2.05) is 4.90 Å². The van der Waals surface area contributed by atoms with Gasteiger partial charge in [0, 0.05) is 32.2 Å². The van der Waals surface area contributed by atoms with Crippen LogP contribution in [-0.4, -0.2) is 54.5 Å². The summed E-state index contributed by atoms with van der Waals surface area (Å²) in [4.78, 5) is 16.5. The van der Waals surface area contributed by atoms with Crippen molar-refractivity contribution in [1.29, 1.82) is 0 Å². The first-order valence-electron chi connectivity index (χ1n) is 7.32. The van der Waals surface area contributed by atoms with Crippen molar-refractivity contribution in [1.82, 2.24) is 9.80 Å². The van der Waals surface area contributed by atoms with Crippen molar-refractivity contribution in [3.8, 4) is 0 Å². The van der Waals surface area contributed by atoms with Crippen molar-refractivity contribution in [2.45, 2.75) is 46.1 Å². The van der Waals surface area contributed by atoms with Gasteiger partial charge in [0.25, 0.3) is 0 Å². The van der Waals surface area contributed by atoms with Crippen LogP contribution in [-0.2, 0) is 4.79 Å². The van der Waals surface area contributed by atoms with Crippen LogP contribution in [0.25, 0.3) is 0 Å². The molecule has 2 atom stereocenters. The second kappa shape index (κ2) is 7.74. The highest BCUT2D eigenvalue weighted by atomic mass is 16.2. The average Bonchev–Trinajstić information content (AvgIpc) is 2.27. The molecule has 2 unspecified atom stereocenters. The molecule has 0 spiro atoms. The number of rotatable bonds is 6. The van der Waals surface area contributed by atoms with Crippen LogP contribution in [0.4, 0.5) is 0 Å². The molecule has 1 fully saturated rings. The van der Waals surface area contributed by atoms with Gasteiger partial charge in [-0.3, -0.25) is 9.69 Å². The quantitative estimate of drug-likeness (QED) is 0.778. The zero-order chi connectivity index (χ0) is 13.5. The molecule has 4 nitrogen and oxygen atoms in total. The van der Waals surface area contributed by atoms with Gasteiger partial charge in [-0.25, -0.2) is 0 Å². The normalized spacial score (nSPS) is 25.1. The molecule has 4 heteroatoms. The van der Waals surface area contributed by atoms with Crippen molar-refractivity contribution in [3.05, 3.63) is 0 Å². The molecule has 1 aliphatic heterocycles. The molecule has 2 N–H and O–H groups in total. The summed E-state index contributed by atoms with van der Waals surface area (Å²) in [6.07, 6.45) is 3.14. The van der Waals surface area contributed by atoms with Crippen LogP contribution >= 0.6 is 0 Å². The van der Waals surface area contributed by atoms with Crippen LogP contribution in [0.1, 0.15) is 40.0 Å². The monoisotopic (exact) mass is 255 g/mol. The van der Waals surface area contributed by atoms with Crippen LogP contribution < -0.4 is 5.73 Å². The first kappa shape index (κ1) is 15.4. The minimum Gasteiger partial charge on any atom is -0.342 e. The topological polar surface area (TPSA) is 49.6 Å². The lowest BCUT2D eigenvalue weighted by atomic mass is 9.96. The summed E-state index contributed by atoms with van der Waals surface area (Å²) in [5.41, 5.74) is 6.02. The van der Waals surface area contributed by atoms with E-state index < -0.39 is 0 Å². The second-order valence-corrected chi connectivity index (χ2v) is 5.68. The highest BCUT2D eigenvalue weighted by Crippen LogP contribution is 2.14. The van der Waals surface area contributed by atoms with E-state index in [0.29, 0.717) is 12.5 Å². The summed E-state index contributed by atoms with van der Waals surface area (Å²) in [7, 11) is 0. The van der Waals surface area contributed by atoms with Gasteiger partial charge in [0.05, 0.1) is 6.54 Å². The number of carbonyl (C=O) groups is 1. The highest BCUT2D eigenvalue weighted by Gasteiger charge is 2.24. The van der Waals surface area contributed by atoms with E-state index in [9.17, 15) is 4.79 Å². The molecule has 0 radical (unpaired) electrons. The largest absolute Gasteiger partial charge is 0.342 e. The van der Waals surface area contributed by atoms with Crippen LogP contribution in [0.3, 0.4) is 0 Å². The lowest BCUT2D eigenvalue weighted by molar-refractivity contribution is -0.133. The maximum Gasteiger partial charge on any atom is 0.236 e. The lowest BCUT2D eigenvalue weighted by Gasteiger charge is -2.35. The zero-order valence-electron chi connectivity index (χ0n) is 12.2. The SMILES string of the molecule is CCCN(CCC)C(=O)CN1CC(C)CC(N)C1. The van der Waals surface area contributed by atoms with Gasteiger partial charge >= 0.3 is 0 Å². The van der Waals surface area contributed by atoms with Crippen LogP contribution in [0.2, 0.25) is 0 Å². The Balaban J connectivity index is 2.46. The van der Waals surface area contributed by atoms with E-state index in [1.165, 1.54) is 0 Å². The third-order valence-corrected chi connectivity index (χ3v) is 3.47. The Morgan fingerprint density at radius 1 is 1.28 bits per heavy atom. The predicted molar refractivity (Wildman–Crippen MR) is 75.4 cm³/mol.